The fourth-order valence-electron chi connectivity index (χ4n) is 2.26. The number of benzene rings is 1. The van der Waals surface area contributed by atoms with Gasteiger partial charge in [-0.15, -0.1) is 0 Å². The van der Waals surface area contributed by atoms with Gasteiger partial charge in [-0.05, 0) is 47.9 Å². The van der Waals surface area contributed by atoms with E-state index < -0.39 is 0 Å². The van der Waals surface area contributed by atoms with Gasteiger partial charge in [0.05, 0.1) is 0 Å². The van der Waals surface area contributed by atoms with E-state index in [2.05, 4.69) is 65.1 Å². The quantitative estimate of drug-likeness (QED) is 0.709. The summed E-state index contributed by atoms with van der Waals surface area (Å²) in [5, 5.41) is 3.44. The van der Waals surface area contributed by atoms with Gasteiger partial charge in [-0.1, -0.05) is 53.7 Å². The summed E-state index contributed by atoms with van der Waals surface area (Å²) >= 11 is 0. The first-order valence-electron chi connectivity index (χ1n) is 8.31. The molecule has 0 aliphatic heterocycles. The molecule has 0 atom stereocenters. The highest BCUT2D eigenvalue weighted by molar-refractivity contribution is 5.41. The zero-order valence-corrected chi connectivity index (χ0v) is 14.8. The number of hydrogen-bond donors (Lipinski definition) is 1. The van der Waals surface area contributed by atoms with Crippen molar-refractivity contribution in [3.63, 3.8) is 0 Å². The SMILES string of the molecule is CCc1ccc(OCCNCCC(C)C)c(C(C)(C)C)c1. The summed E-state index contributed by atoms with van der Waals surface area (Å²) < 4.78 is 6.01. The van der Waals surface area contributed by atoms with Crippen molar-refractivity contribution in [1.82, 2.24) is 5.32 Å². The first kappa shape index (κ1) is 18.0. The molecule has 0 bridgehead atoms. The Bertz CT molecular complexity index is 418. The zero-order chi connectivity index (χ0) is 15.9. The average molecular weight is 291 g/mol. The Kier molecular flexibility index (Phi) is 7.24. The molecule has 2 heteroatoms. The topological polar surface area (TPSA) is 21.3 Å². The van der Waals surface area contributed by atoms with Gasteiger partial charge in [0.15, 0.2) is 0 Å². The first-order chi connectivity index (χ1) is 9.84. The van der Waals surface area contributed by atoms with Crippen molar-refractivity contribution >= 4 is 0 Å². The van der Waals surface area contributed by atoms with Gasteiger partial charge >= 0.3 is 0 Å². The van der Waals surface area contributed by atoms with E-state index in [-0.39, 0.29) is 5.41 Å². The molecular formula is C19H33NO. The van der Waals surface area contributed by atoms with E-state index in [0.29, 0.717) is 0 Å². The predicted octanol–water partition coefficient (Wildman–Crippen LogP) is 4.56. The van der Waals surface area contributed by atoms with Crippen molar-refractivity contribution in [3.05, 3.63) is 29.3 Å². The fraction of sp³-hybridized carbons (Fsp3) is 0.684. The third-order valence-electron chi connectivity index (χ3n) is 3.70. The van der Waals surface area contributed by atoms with Gasteiger partial charge in [0.25, 0.3) is 0 Å². The van der Waals surface area contributed by atoms with E-state index in [1.165, 1.54) is 17.5 Å². The lowest BCUT2D eigenvalue weighted by Crippen LogP contribution is -2.24. The van der Waals surface area contributed by atoms with Crippen LogP contribution in [0.5, 0.6) is 5.75 Å². The fourth-order valence-corrected chi connectivity index (χ4v) is 2.26. The molecule has 0 radical (unpaired) electrons. The summed E-state index contributed by atoms with van der Waals surface area (Å²) in [5.74, 6) is 1.79. The van der Waals surface area contributed by atoms with Gasteiger partial charge < -0.3 is 10.1 Å². The minimum Gasteiger partial charge on any atom is -0.492 e. The molecule has 0 spiro atoms. The number of ether oxygens (including phenoxy) is 1. The van der Waals surface area contributed by atoms with E-state index >= 15 is 0 Å². The van der Waals surface area contributed by atoms with E-state index in [1.54, 1.807) is 0 Å². The Labute approximate surface area is 131 Å². The van der Waals surface area contributed by atoms with Gasteiger partial charge in [0, 0.05) is 6.54 Å². The average Bonchev–Trinajstić information content (AvgIpc) is 2.41. The highest BCUT2D eigenvalue weighted by Crippen LogP contribution is 2.32. The molecule has 0 saturated carbocycles. The van der Waals surface area contributed by atoms with Gasteiger partial charge in [0.1, 0.15) is 12.4 Å². The molecule has 2 nitrogen and oxygen atoms in total. The molecule has 21 heavy (non-hydrogen) atoms. The smallest absolute Gasteiger partial charge is 0.123 e. The Hall–Kier alpha value is -1.02. The lowest BCUT2D eigenvalue weighted by atomic mass is 9.85. The van der Waals surface area contributed by atoms with Crippen LogP contribution in [-0.2, 0) is 11.8 Å². The lowest BCUT2D eigenvalue weighted by molar-refractivity contribution is 0.304. The molecule has 0 aliphatic carbocycles. The van der Waals surface area contributed by atoms with Crippen LogP contribution in [0.3, 0.4) is 0 Å². The third-order valence-corrected chi connectivity index (χ3v) is 3.70. The van der Waals surface area contributed by atoms with Crippen molar-refractivity contribution < 1.29 is 4.74 Å². The molecule has 0 unspecified atom stereocenters. The van der Waals surface area contributed by atoms with Crippen LogP contribution in [0.4, 0.5) is 0 Å². The van der Waals surface area contributed by atoms with Crippen LogP contribution >= 0.6 is 0 Å². The molecule has 0 fully saturated rings. The first-order valence-corrected chi connectivity index (χ1v) is 8.31. The summed E-state index contributed by atoms with van der Waals surface area (Å²) in [6, 6.07) is 6.60. The molecule has 1 rings (SSSR count). The molecular weight excluding hydrogens is 258 g/mol. The van der Waals surface area contributed by atoms with Crippen LogP contribution in [0, 0.1) is 5.92 Å². The normalized spacial score (nSPS) is 12.0. The number of rotatable bonds is 8. The summed E-state index contributed by atoms with van der Waals surface area (Å²) in [4.78, 5) is 0. The van der Waals surface area contributed by atoms with Crippen LogP contribution in [0.1, 0.15) is 59.1 Å². The molecule has 0 aromatic heterocycles. The van der Waals surface area contributed by atoms with Crippen molar-refractivity contribution in [2.75, 3.05) is 19.7 Å². The minimum atomic E-state index is 0.117. The van der Waals surface area contributed by atoms with E-state index in [0.717, 1.165) is 37.8 Å². The van der Waals surface area contributed by atoms with E-state index in [4.69, 9.17) is 4.74 Å². The maximum absolute atomic E-state index is 6.01. The number of aryl methyl sites for hydroxylation is 1. The Morgan fingerprint density at radius 3 is 2.43 bits per heavy atom. The Balaban J connectivity index is 2.54. The Morgan fingerprint density at radius 1 is 1.14 bits per heavy atom. The minimum absolute atomic E-state index is 0.117. The number of nitrogens with one attached hydrogen (secondary N) is 1. The van der Waals surface area contributed by atoms with Crippen LogP contribution in [0.15, 0.2) is 18.2 Å². The summed E-state index contributed by atoms with van der Waals surface area (Å²) in [6.45, 7) is 16.1. The van der Waals surface area contributed by atoms with Gasteiger partial charge in [-0.3, -0.25) is 0 Å². The van der Waals surface area contributed by atoms with E-state index in [9.17, 15) is 0 Å². The van der Waals surface area contributed by atoms with E-state index in [1.807, 2.05) is 0 Å². The summed E-state index contributed by atoms with van der Waals surface area (Å²) in [7, 11) is 0. The second-order valence-corrected chi connectivity index (χ2v) is 7.22. The number of hydrogen-bond acceptors (Lipinski definition) is 2. The van der Waals surface area contributed by atoms with Crippen molar-refractivity contribution in [1.29, 1.82) is 0 Å². The zero-order valence-electron chi connectivity index (χ0n) is 14.8. The van der Waals surface area contributed by atoms with Gasteiger partial charge in [-0.25, -0.2) is 0 Å². The molecule has 0 amide bonds. The summed E-state index contributed by atoms with van der Waals surface area (Å²) in [5.41, 5.74) is 2.80. The van der Waals surface area contributed by atoms with Crippen LogP contribution in [0.25, 0.3) is 0 Å². The van der Waals surface area contributed by atoms with Crippen molar-refractivity contribution in [3.8, 4) is 5.75 Å². The Morgan fingerprint density at radius 2 is 1.86 bits per heavy atom. The molecule has 1 aromatic carbocycles. The maximum Gasteiger partial charge on any atom is 0.123 e. The molecule has 1 aromatic rings. The van der Waals surface area contributed by atoms with Gasteiger partial charge in [0.2, 0.25) is 0 Å². The second kappa shape index (κ2) is 8.43. The van der Waals surface area contributed by atoms with Crippen LogP contribution in [0.2, 0.25) is 0 Å². The maximum atomic E-state index is 6.01. The highest BCUT2D eigenvalue weighted by atomic mass is 16.5. The van der Waals surface area contributed by atoms with Gasteiger partial charge in [-0.2, -0.15) is 0 Å². The molecule has 0 saturated heterocycles. The molecule has 0 aliphatic rings. The predicted molar refractivity (Wildman–Crippen MR) is 92.3 cm³/mol. The molecule has 1 N–H and O–H groups in total. The summed E-state index contributed by atoms with van der Waals surface area (Å²) in [6.07, 6.45) is 2.29. The lowest BCUT2D eigenvalue weighted by Gasteiger charge is -2.24. The van der Waals surface area contributed by atoms with Crippen LogP contribution in [-0.4, -0.2) is 19.7 Å². The molecule has 120 valence electrons. The second-order valence-electron chi connectivity index (χ2n) is 7.22. The molecule has 0 heterocycles. The standard InChI is InChI=1S/C19H33NO/c1-7-16-8-9-18(17(14-16)19(4,5)6)21-13-12-20-11-10-15(2)3/h8-9,14-15,20H,7,10-13H2,1-6H3. The van der Waals surface area contributed by atoms with Crippen molar-refractivity contribution in [2.45, 2.75) is 59.8 Å². The van der Waals surface area contributed by atoms with Crippen LogP contribution < -0.4 is 10.1 Å². The monoisotopic (exact) mass is 291 g/mol. The highest BCUT2D eigenvalue weighted by Gasteiger charge is 2.19. The third kappa shape index (κ3) is 6.52. The van der Waals surface area contributed by atoms with Crippen molar-refractivity contribution in [2.24, 2.45) is 5.92 Å². The largest absolute Gasteiger partial charge is 0.492 e.